The van der Waals surface area contributed by atoms with E-state index in [1.807, 2.05) is 0 Å². The molecule has 4 heteroatoms. The van der Waals surface area contributed by atoms with Gasteiger partial charge in [0.1, 0.15) is 12.3 Å². The highest BCUT2D eigenvalue weighted by atomic mass is 19.2. The topological polar surface area (TPSA) is 52.0 Å². The molecule has 3 atom stereocenters. The van der Waals surface area contributed by atoms with Crippen LogP contribution in [0.2, 0.25) is 0 Å². The summed E-state index contributed by atoms with van der Waals surface area (Å²) in [6.07, 6.45) is -3.15. The van der Waals surface area contributed by atoms with E-state index in [9.17, 15) is 8.78 Å². The van der Waals surface area contributed by atoms with Crippen molar-refractivity contribution < 1.29 is 8.78 Å². The molecule has 0 aromatic carbocycles. The van der Waals surface area contributed by atoms with Gasteiger partial charge in [-0.3, -0.25) is 0 Å². The molecule has 0 spiro atoms. The second-order valence-corrected chi connectivity index (χ2v) is 2.02. The fourth-order valence-electron chi connectivity index (χ4n) is 0.471. The average Bonchev–Trinajstić information content (AvgIpc) is 1.84. The van der Waals surface area contributed by atoms with Gasteiger partial charge < -0.3 is 11.5 Å². The Hall–Kier alpha value is -0.220. The summed E-state index contributed by atoms with van der Waals surface area (Å²) in [6.45, 7) is 1.11. The Bertz CT molecular complexity index is 77.4. The Morgan fingerprint density at radius 2 is 1.89 bits per heavy atom. The van der Waals surface area contributed by atoms with Crippen LogP contribution >= 0.6 is 0 Å². The molecule has 3 unspecified atom stereocenters. The summed E-state index contributed by atoms with van der Waals surface area (Å²) in [4.78, 5) is 0. The zero-order valence-corrected chi connectivity index (χ0v) is 5.35. The smallest absolute Gasteiger partial charge is 0.147 e. The van der Waals surface area contributed by atoms with E-state index in [1.54, 1.807) is 0 Å². The summed E-state index contributed by atoms with van der Waals surface area (Å²) in [5.74, 6) is 0. The van der Waals surface area contributed by atoms with Crippen LogP contribution < -0.4 is 11.5 Å². The van der Waals surface area contributed by atoms with Crippen LogP contribution in [0.1, 0.15) is 6.92 Å². The lowest BCUT2D eigenvalue weighted by Gasteiger charge is -2.14. The molecule has 0 aromatic rings. The zero-order chi connectivity index (χ0) is 7.44. The summed E-state index contributed by atoms with van der Waals surface area (Å²) in [5.41, 5.74) is 10.1. The van der Waals surface area contributed by atoms with Gasteiger partial charge in [-0.05, 0) is 6.92 Å². The molecular weight excluding hydrogens is 126 g/mol. The van der Waals surface area contributed by atoms with E-state index in [2.05, 4.69) is 0 Å². The Balaban J connectivity index is 3.58. The van der Waals surface area contributed by atoms with Gasteiger partial charge in [0.05, 0.1) is 6.04 Å². The summed E-state index contributed by atoms with van der Waals surface area (Å²) >= 11 is 0. The molecule has 0 aromatic heterocycles. The molecule has 0 heterocycles. The largest absolute Gasteiger partial charge is 0.329 e. The molecule has 2 nitrogen and oxygen atoms in total. The molecule has 56 valence electrons. The van der Waals surface area contributed by atoms with Crippen LogP contribution in [0.4, 0.5) is 8.78 Å². The van der Waals surface area contributed by atoms with Crippen LogP contribution in [-0.4, -0.2) is 24.9 Å². The Morgan fingerprint density at radius 3 is 2.00 bits per heavy atom. The third kappa shape index (κ3) is 2.72. The van der Waals surface area contributed by atoms with Gasteiger partial charge in [0, 0.05) is 6.54 Å². The number of hydrogen-bond acceptors (Lipinski definition) is 2. The Kier molecular flexibility index (Phi) is 3.65. The minimum Gasteiger partial charge on any atom is -0.329 e. The summed E-state index contributed by atoms with van der Waals surface area (Å²) in [7, 11) is 0. The van der Waals surface area contributed by atoms with Crippen molar-refractivity contribution >= 4 is 0 Å². The lowest BCUT2D eigenvalue weighted by molar-refractivity contribution is 0.157. The van der Waals surface area contributed by atoms with Crippen molar-refractivity contribution in [3.05, 3.63) is 0 Å². The number of alkyl halides is 2. The maximum absolute atomic E-state index is 12.3. The van der Waals surface area contributed by atoms with E-state index in [4.69, 9.17) is 11.5 Å². The highest BCUT2D eigenvalue weighted by molar-refractivity contribution is 4.76. The van der Waals surface area contributed by atoms with Gasteiger partial charge in [-0.1, -0.05) is 0 Å². The van der Waals surface area contributed by atoms with Crippen LogP contribution in [0, 0.1) is 0 Å². The number of halogens is 2. The van der Waals surface area contributed by atoms with Gasteiger partial charge in [0.2, 0.25) is 0 Å². The van der Waals surface area contributed by atoms with E-state index < -0.39 is 18.4 Å². The van der Waals surface area contributed by atoms with Gasteiger partial charge in [0.15, 0.2) is 0 Å². The second-order valence-electron chi connectivity index (χ2n) is 2.02. The first-order valence-electron chi connectivity index (χ1n) is 2.83. The van der Waals surface area contributed by atoms with Crippen LogP contribution in [0.25, 0.3) is 0 Å². The first-order chi connectivity index (χ1) is 4.09. The molecule has 9 heavy (non-hydrogen) atoms. The van der Waals surface area contributed by atoms with Crippen molar-refractivity contribution in [3.63, 3.8) is 0 Å². The molecule has 0 rings (SSSR count). The Morgan fingerprint density at radius 1 is 1.44 bits per heavy atom. The van der Waals surface area contributed by atoms with Gasteiger partial charge in [0.25, 0.3) is 0 Å². The van der Waals surface area contributed by atoms with Crippen molar-refractivity contribution in [2.75, 3.05) is 6.54 Å². The van der Waals surface area contributed by atoms with E-state index >= 15 is 0 Å². The number of rotatable bonds is 3. The minimum absolute atomic E-state index is 0.0184. The fraction of sp³-hybridized carbons (Fsp3) is 1.00. The first-order valence-corrected chi connectivity index (χ1v) is 2.83. The van der Waals surface area contributed by atoms with E-state index in [0.29, 0.717) is 0 Å². The van der Waals surface area contributed by atoms with Crippen LogP contribution in [-0.2, 0) is 0 Å². The van der Waals surface area contributed by atoms with Gasteiger partial charge in [-0.2, -0.15) is 0 Å². The quantitative estimate of drug-likeness (QED) is 0.575. The van der Waals surface area contributed by atoms with Gasteiger partial charge in [-0.15, -0.1) is 0 Å². The fourth-order valence-corrected chi connectivity index (χ4v) is 0.471. The minimum atomic E-state index is -1.63. The summed E-state index contributed by atoms with van der Waals surface area (Å²) in [6, 6.07) is -0.870. The molecule has 0 saturated carbocycles. The predicted molar refractivity (Wildman–Crippen MR) is 32.5 cm³/mol. The van der Waals surface area contributed by atoms with Crippen LogP contribution in [0.15, 0.2) is 0 Å². The molecular formula is C5H12F2N2. The molecule has 0 amide bonds. The summed E-state index contributed by atoms with van der Waals surface area (Å²) in [5, 5.41) is 0. The highest BCUT2D eigenvalue weighted by Crippen LogP contribution is 2.04. The predicted octanol–water partition coefficient (Wildman–Crippen LogP) is -0.0315. The van der Waals surface area contributed by atoms with Crippen molar-refractivity contribution in [2.45, 2.75) is 25.3 Å². The molecule has 0 fully saturated rings. The maximum atomic E-state index is 12.3. The lowest BCUT2D eigenvalue weighted by atomic mass is 10.1. The van der Waals surface area contributed by atoms with Crippen molar-refractivity contribution in [3.8, 4) is 0 Å². The van der Waals surface area contributed by atoms with Gasteiger partial charge >= 0.3 is 0 Å². The lowest BCUT2D eigenvalue weighted by Crippen LogP contribution is -2.42. The van der Waals surface area contributed by atoms with Crippen molar-refractivity contribution in [2.24, 2.45) is 11.5 Å². The van der Waals surface area contributed by atoms with E-state index in [1.165, 1.54) is 0 Å². The zero-order valence-electron chi connectivity index (χ0n) is 5.35. The third-order valence-corrected chi connectivity index (χ3v) is 1.12. The Labute approximate surface area is 53.2 Å². The average molecular weight is 138 g/mol. The third-order valence-electron chi connectivity index (χ3n) is 1.12. The standard InChI is InChI=1S/C5H12F2N2/c1-3(6)5(7)4(9)2-8/h3-5H,2,8-9H2,1H3. The van der Waals surface area contributed by atoms with Crippen molar-refractivity contribution in [1.82, 2.24) is 0 Å². The monoisotopic (exact) mass is 138 g/mol. The molecule has 4 N–H and O–H groups in total. The number of hydrogen-bond donors (Lipinski definition) is 2. The van der Waals surface area contributed by atoms with Gasteiger partial charge in [-0.25, -0.2) is 8.78 Å². The van der Waals surface area contributed by atoms with Crippen molar-refractivity contribution in [1.29, 1.82) is 0 Å². The molecule has 0 aliphatic carbocycles. The molecule has 0 aliphatic heterocycles. The van der Waals surface area contributed by atoms with Crippen LogP contribution in [0.3, 0.4) is 0 Å². The molecule has 0 radical (unpaired) electrons. The molecule has 0 saturated heterocycles. The first kappa shape index (κ1) is 8.78. The maximum Gasteiger partial charge on any atom is 0.147 e. The SMILES string of the molecule is CC(F)C(F)C(N)CN. The highest BCUT2D eigenvalue weighted by Gasteiger charge is 2.21. The van der Waals surface area contributed by atoms with Crippen LogP contribution in [0.5, 0.6) is 0 Å². The molecule has 0 bridgehead atoms. The normalized spacial score (nSPS) is 21.0. The number of nitrogens with two attached hydrogens (primary N) is 2. The summed E-state index contributed by atoms with van der Waals surface area (Å²) < 4.78 is 24.4. The van der Waals surface area contributed by atoms with E-state index in [0.717, 1.165) is 6.92 Å². The van der Waals surface area contributed by atoms with E-state index in [-0.39, 0.29) is 6.54 Å². The molecule has 0 aliphatic rings. The second kappa shape index (κ2) is 3.74.